The molecule has 74 valence electrons. The van der Waals surface area contributed by atoms with Crippen LogP contribution < -0.4 is 0 Å². The Morgan fingerprint density at radius 2 is 2.07 bits per heavy atom. The minimum Gasteiger partial charge on any atom is -0.507 e. The molecular weight excluding hydrogens is 186 g/mol. The van der Waals surface area contributed by atoms with Crippen LogP contribution in [0.3, 0.4) is 0 Å². The van der Waals surface area contributed by atoms with Gasteiger partial charge in [0.05, 0.1) is 5.56 Å². The monoisotopic (exact) mass is 195 g/mol. The number of carbonyl (C=O) groups is 1. The Labute approximate surface area is 80.2 Å². The van der Waals surface area contributed by atoms with E-state index in [2.05, 4.69) is 9.99 Å². The number of phenols is 1. The fraction of sp³-hybridized carbons (Fsp3) is 0.111. The lowest BCUT2D eigenvalue weighted by Crippen LogP contribution is -2.14. The van der Waals surface area contributed by atoms with Gasteiger partial charge in [-0.2, -0.15) is 0 Å². The first-order valence-electron chi connectivity index (χ1n) is 3.79. The average molecular weight is 195 g/mol. The van der Waals surface area contributed by atoms with Crippen LogP contribution >= 0.6 is 0 Å². The van der Waals surface area contributed by atoms with Gasteiger partial charge in [-0.3, -0.25) is 0 Å². The summed E-state index contributed by atoms with van der Waals surface area (Å²) in [5.74, 6) is -1.40. The molecule has 0 aliphatic rings. The van der Waals surface area contributed by atoms with Gasteiger partial charge in [-0.25, -0.2) is 4.79 Å². The highest BCUT2D eigenvalue weighted by atomic mass is 16.6. The van der Waals surface area contributed by atoms with Gasteiger partial charge in [-0.1, -0.05) is 17.3 Å². The smallest absolute Gasteiger partial charge is 0.358 e. The Kier molecular flexibility index (Phi) is 3.06. The molecule has 0 amide bonds. The molecule has 1 rings (SSSR count). The van der Waals surface area contributed by atoms with E-state index in [1.54, 1.807) is 12.1 Å². The van der Waals surface area contributed by atoms with Crippen molar-refractivity contribution < 1.29 is 19.8 Å². The minimum atomic E-state index is -1.26. The highest BCUT2D eigenvalue weighted by Gasteiger charge is 2.16. The molecule has 5 heteroatoms. The second-order valence-corrected chi connectivity index (χ2v) is 2.44. The summed E-state index contributed by atoms with van der Waals surface area (Å²) < 4.78 is 0. The third-order valence-electron chi connectivity index (χ3n) is 1.54. The summed E-state index contributed by atoms with van der Waals surface area (Å²) >= 11 is 0. The number of nitrogens with zero attached hydrogens (tertiary/aromatic N) is 1. The molecule has 0 aliphatic heterocycles. The first-order valence-corrected chi connectivity index (χ1v) is 3.79. The maximum absolute atomic E-state index is 10.7. The van der Waals surface area contributed by atoms with E-state index in [0.29, 0.717) is 0 Å². The lowest BCUT2D eigenvalue weighted by Gasteiger charge is -2.02. The van der Waals surface area contributed by atoms with Crippen molar-refractivity contribution in [2.24, 2.45) is 5.16 Å². The van der Waals surface area contributed by atoms with Gasteiger partial charge in [-0.15, -0.1) is 0 Å². The lowest BCUT2D eigenvalue weighted by atomic mass is 10.1. The number of phenolic OH excluding ortho intramolecular Hbond substituents is 1. The van der Waals surface area contributed by atoms with Crippen LogP contribution in [-0.2, 0) is 9.63 Å². The Balaban J connectivity index is 3.19. The van der Waals surface area contributed by atoms with Crippen molar-refractivity contribution in [3.05, 3.63) is 29.8 Å². The number of para-hydroxylation sites is 1. The van der Waals surface area contributed by atoms with Crippen LogP contribution in [0.2, 0.25) is 0 Å². The quantitative estimate of drug-likeness (QED) is 0.553. The number of oxime groups is 1. The van der Waals surface area contributed by atoms with Crippen molar-refractivity contribution in [3.63, 3.8) is 0 Å². The minimum absolute atomic E-state index is 0.127. The number of benzene rings is 1. The van der Waals surface area contributed by atoms with Gasteiger partial charge in [0.1, 0.15) is 12.9 Å². The lowest BCUT2D eigenvalue weighted by molar-refractivity contribution is -0.129. The molecule has 0 aromatic heterocycles. The fourth-order valence-corrected chi connectivity index (χ4v) is 0.969. The summed E-state index contributed by atoms with van der Waals surface area (Å²) in [6.45, 7) is 0. The van der Waals surface area contributed by atoms with Gasteiger partial charge < -0.3 is 15.1 Å². The predicted octanol–water partition coefficient (Wildman–Crippen LogP) is 0.827. The molecule has 0 bridgehead atoms. The van der Waals surface area contributed by atoms with Crippen LogP contribution in [0.25, 0.3) is 0 Å². The number of hydrogen-bond donors (Lipinski definition) is 2. The number of hydrogen-bond acceptors (Lipinski definition) is 4. The van der Waals surface area contributed by atoms with Crippen LogP contribution in [0.15, 0.2) is 29.4 Å². The van der Waals surface area contributed by atoms with Gasteiger partial charge in [-0.05, 0) is 12.1 Å². The van der Waals surface area contributed by atoms with Crippen LogP contribution in [-0.4, -0.2) is 29.0 Å². The number of aliphatic carboxylic acids is 1. The number of carboxylic acids is 1. The van der Waals surface area contributed by atoms with Crippen LogP contribution in [0.5, 0.6) is 5.75 Å². The van der Waals surface area contributed by atoms with E-state index in [-0.39, 0.29) is 17.0 Å². The van der Waals surface area contributed by atoms with Crippen molar-refractivity contribution in [1.29, 1.82) is 0 Å². The van der Waals surface area contributed by atoms with Crippen molar-refractivity contribution in [2.45, 2.75) is 0 Å². The molecule has 1 aromatic carbocycles. The van der Waals surface area contributed by atoms with Crippen LogP contribution in [0.1, 0.15) is 5.56 Å². The normalized spacial score (nSPS) is 11.1. The molecule has 0 spiro atoms. The predicted molar refractivity (Wildman–Crippen MR) is 49.3 cm³/mol. The number of rotatable bonds is 3. The van der Waals surface area contributed by atoms with Gasteiger partial charge in [0.2, 0.25) is 0 Å². The Hall–Kier alpha value is -2.04. The van der Waals surface area contributed by atoms with E-state index in [4.69, 9.17) is 5.11 Å². The van der Waals surface area contributed by atoms with E-state index in [1.807, 2.05) is 0 Å². The Bertz CT molecular complexity index is 373. The molecule has 1 aromatic rings. The molecule has 0 heterocycles. The third-order valence-corrected chi connectivity index (χ3v) is 1.54. The second kappa shape index (κ2) is 4.27. The number of aromatic hydroxyl groups is 1. The van der Waals surface area contributed by atoms with Gasteiger partial charge in [0.25, 0.3) is 0 Å². The van der Waals surface area contributed by atoms with Crippen molar-refractivity contribution in [2.75, 3.05) is 7.11 Å². The molecule has 0 radical (unpaired) electrons. The standard InChI is InChI=1S/C9H9NO4/c1-14-10-8(9(12)13)6-4-2-3-5-7(6)11/h2-5,11H,1H3,(H,12,13)/b10-8+. The van der Waals surface area contributed by atoms with Crippen molar-refractivity contribution in [1.82, 2.24) is 0 Å². The molecule has 0 saturated heterocycles. The van der Waals surface area contributed by atoms with E-state index in [1.165, 1.54) is 19.2 Å². The van der Waals surface area contributed by atoms with Gasteiger partial charge >= 0.3 is 5.97 Å². The molecule has 0 fully saturated rings. The SMILES string of the molecule is CO/N=C(/C(=O)O)c1ccccc1O. The summed E-state index contributed by atoms with van der Waals surface area (Å²) in [4.78, 5) is 15.1. The van der Waals surface area contributed by atoms with Crippen molar-refractivity contribution >= 4 is 11.7 Å². The molecule has 14 heavy (non-hydrogen) atoms. The highest BCUT2D eigenvalue weighted by molar-refractivity contribution is 6.43. The van der Waals surface area contributed by atoms with E-state index >= 15 is 0 Å². The molecule has 0 atom stereocenters. The Morgan fingerprint density at radius 1 is 1.43 bits per heavy atom. The zero-order chi connectivity index (χ0) is 10.6. The van der Waals surface area contributed by atoms with Crippen LogP contribution in [0.4, 0.5) is 0 Å². The zero-order valence-corrected chi connectivity index (χ0v) is 7.47. The van der Waals surface area contributed by atoms with E-state index < -0.39 is 5.97 Å². The molecule has 0 aliphatic carbocycles. The maximum atomic E-state index is 10.7. The van der Waals surface area contributed by atoms with E-state index in [0.717, 1.165) is 0 Å². The average Bonchev–Trinajstić information content (AvgIpc) is 2.15. The maximum Gasteiger partial charge on any atom is 0.358 e. The van der Waals surface area contributed by atoms with Crippen LogP contribution in [0, 0.1) is 0 Å². The molecule has 0 unspecified atom stereocenters. The molecular formula is C9H9NO4. The third kappa shape index (κ3) is 2.01. The van der Waals surface area contributed by atoms with Crippen molar-refractivity contribution in [3.8, 4) is 5.75 Å². The topological polar surface area (TPSA) is 79.1 Å². The summed E-state index contributed by atoms with van der Waals surface area (Å²) in [6.07, 6.45) is 0. The summed E-state index contributed by atoms with van der Waals surface area (Å²) in [6, 6.07) is 6.01. The van der Waals surface area contributed by atoms with Gasteiger partial charge in [0, 0.05) is 0 Å². The summed E-state index contributed by atoms with van der Waals surface area (Å²) in [7, 11) is 1.24. The zero-order valence-electron chi connectivity index (χ0n) is 7.47. The first kappa shape index (κ1) is 10.0. The van der Waals surface area contributed by atoms with E-state index in [9.17, 15) is 9.90 Å². The largest absolute Gasteiger partial charge is 0.507 e. The molecule has 0 saturated carbocycles. The summed E-state index contributed by atoms with van der Waals surface area (Å²) in [5.41, 5.74) is -0.201. The fourth-order valence-electron chi connectivity index (χ4n) is 0.969. The highest BCUT2D eigenvalue weighted by Crippen LogP contribution is 2.16. The molecule has 5 nitrogen and oxygen atoms in total. The second-order valence-electron chi connectivity index (χ2n) is 2.44. The van der Waals surface area contributed by atoms with Gasteiger partial charge in [0.15, 0.2) is 5.71 Å². The first-order chi connectivity index (χ1) is 6.66. The summed E-state index contributed by atoms with van der Waals surface area (Å²) in [5, 5.41) is 21.4. The molecule has 2 N–H and O–H groups in total. The Morgan fingerprint density at radius 3 is 2.57 bits per heavy atom. The number of carboxylic acid groups (broad SMARTS) is 1.